The standard InChI is InChI=1S/C11H19NO7P2S.3Na/c13-11(20(14,15)16,21(17,18)19)7-3-1-5-9-22-10-6-2-4-8-12-10;;;/h2,4,6,8,13H,1,3,5,7,9H2,(H2,14,15,16)(H2,17,18,19);;;/q;3*+1/p-3. The summed E-state index contributed by atoms with van der Waals surface area (Å²) in [5.74, 6) is 0.663. The van der Waals surface area contributed by atoms with Crippen LogP contribution in [0.1, 0.15) is 25.7 Å². The van der Waals surface area contributed by atoms with Crippen molar-refractivity contribution >= 4 is 27.0 Å². The molecule has 0 bridgehead atoms. The first-order valence-corrected chi connectivity index (χ1v) is 10.5. The third-order valence-electron chi connectivity index (χ3n) is 2.94. The number of pyridine rings is 1. The Morgan fingerprint density at radius 1 is 1.08 bits per heavy atom. The Morgan fingerprint density at radius 3 is 2.12 bits per heavy atom. The average molecular weight is 437 g/mol. The Balaban J connectivity index is -0.00000161. The van der Waals surface area contributed by atoms with E-state index in [1.165, 1.54) is 11.8 Å². The van der Waals surface area contributed by atoms with Gasteiger partial charge in [0.1, 0.15) is 0 Å². The third-order valence-corrected chi connectivity index (χ3v) is 7.69. The second kappa shape index (κ2) is 14.7. The molecule has 0 saturated carbocycles. The van der Waals surface area contributed by atoms with Gasteiger partial charge < -0.3 is 33.8 Å². The number of nitrogens with zero attached hydrogens (tertiary/aromatic N) is 1. The molecular weight excluding hydrogens is 421 g/mol. The topological polar surface area (TPSA) is 157 Å². The van der Waals surface area contributed by atoms with Gasteiger partial charge in [-0.05, 0) is 44.7 Å². The molecule has 1 heterocycles. The zero-order valence-electron chi connectivity index (χ0n) is 14.5. The Bertz CT molecular complexity index is 550. The number of thioether (sulfide) groups is 1. The molecule has 8 nitrogen and oxygen atoms in total. The number of aliphatic hydroxyl groups is 1. The zero-order chi connectivity index (χ0) is 16.9. The third kappa shape index (κ3) is 10.9. The molecular formula is C11H16NNa3O7P2S. The van der Waals surface area contributed by atoms with E-state index >= 15 is 0 Å². The van der Waals surface area contributed by atoms with E-state index in [-0.39, 0.29) is 95.1 Å². The molecule has 0 amide bonds. The molecule has 0 saturated heterocycles. The normalized spacial score (nSPS) is 15.6. The van der Waals surface area contributed by atoms with Crippen LogP contribution in [-0.2, 0) is 9.13 Å². The van der Waals surface area contributed by atoms with Gasteiger partial charge in [0.25, 0.3) is 0 Å². The summed E-state index contributed by atoms with van der Waals surface area (Å²) in [6.07, 6.45) is 1.77. The molecule has 14 heteroatoms. The van der Waals surface area contributed by atoms with E-state index in [4.69, 9.17) is 4.89 Å². The minimum absolute atomic E-state index is 0. The fourth-order valence-electron chi connectivity index (χ4n) is 1.68. The van der Waals surface area contributed by atoms with E-state index in [9.17, 15) is 28.9 Å². The second-order valence-corrected chi connectivity index (χ2v) is 9.60. The molecule has 1 aromatic heterocycles. The van der Waals surface area contributed by atoms with Crippen molar-refractivity contribution in [2.45, 2.75) is 35.8 Å². The monoisotopic (exact) mass is 437 g/mol. The molecule has 1 rings (SSSR count). The van der Waals surface area contributed by atoms with Gasteiger partial charge in [-0.1, -0.05) is 12.5 Å². The van der Waals surface area contributed by atoms with E-state index in [0.717, 1.165) is 5.03 Å². The number of rotatable bonds is 9. The van der Waals surface area contributed by atoms with Gasteiger partial charge in [0, 0.05) is 6.20 Å². The Kier molecular flexibility index (Phi) is 19.1. The summed E-state index contributed by atoms with van der Waals surface area (Å²) in [4.78, 5) is 45.6. The van der Waals surface area contributed by atoms with Crippen LogP contribution in [0, 0.1) is 0 Å². The Labute approximate surface area is 217 Å². The summed E-state index contributed by atoms with van der Waals surface area (Å²) >= 11 is 1.47. The molecule has 0 radical (unpaired) electrons. The van der Waals surface area contributed by atoms with Gasteiger partial charge >= 0.3 is 88.7 Å². The predicted molar refractivity (Wildman–Crippen MR) is 75.8 cm³/mol. The van der Waals surface area contributed by atoms with Gasteiger partial charge in [0.2, 0.25) is 0 Å². The molecule has 0 aliphatic rings. The van der Waals surface area contributed by atoms with Gasteiger partial charge in [-0.15, -0.1) is 11.8 Å². The van der Waals surface area contributed by atoms with Crippen LogP contribution in [0.2, 0.25) is 0 Å². The van der Waals surface area contributed by atoms with Crippen molar-refractivity contribution in [2.24, 2.45) is 0 Å². The van der Waals surface area contributed by atoms with Crippen molar-refractivity contribution in [3.8, 4) is 0 Å². The summed E-state index contributed by atoms with van der Waals surface area (Å²) < 4.78 is 21.8. The van der Waals surface area contributed by atoms with E-state index < -0.39 is 26.7 Å². The van der Waals surface area contributed by atoms with Gasteiger partial charge in [-0.2, -0.15) is 0 Å². The van der Waals surface area contributed by atoms with Gasteiger partial charge in [-0.25, -0.2) is 4.98 Å². The second-order valence-electron chi connectivity index (χ2n) is 4.62. The Hall–Kier alpha value is 2.76. The molecule has 1 aromatic rings. The summed E-state index contributed by atoms with van der Waals surface area (Å²) in [6.45, 7) is 0. The smallest absolute Gasteiger partial charge is 0.808 e. The zero-order valence-corrected chi connectivity index (χ0v) is 23.1. The first-order chi connectivity index (χ1) is 10.1. The maximum atomic E-state index is 11.0. The molecule has 0 spiro atoms. The first kappa shape index (κ1) is 32.4. The van der Waals surface area contributed by atoms with Gasteiger partial charge in [-0.3, -0.25) is 0 Å². The molecule has 2 unspecified atom stereocenters. The fraction of sp³-hybridized carbons (Fsp3) is 0.545. The van der Waals surface area contributed by atoms with Crippen molar-refractivity contribution in [2.75, 3.05) is 5.75 Å². The SMILES string of the molecule is O=P([O-])([O-])C(O)(CCCCCSc1ccccn1)P(=O)([O-])O.[Na+].[Na+].[Na+]. The summed E-state index contributed by atoms with van der Waals surface area (Å²) in [5, 5.41) is 6.68. The van der Waals surface area contributed by atoms with Crippen molar-refractivity contribution in [3.05, 3.63) is 24.4 Å². The van der Waals surface area contributed by atoms with Crippen LogP contribution in [-0.4, -0.2) is 25.8 Å². The molecule has 2 atom stereocenters. The molecule has 0 aliphatic heterocycles. The molecule has 25 heavy (non-hydrogen) atoms. The van der Waals surface area contributed by atoms with Crippen LogP contribution >= 0.6 is 27.0 Å². The number of hydrogen-bond acceptors (Lipinski definition) is 8. The van der Waals surface area contributed by atoms with Crippen LogP contribution in [0.25, 0.3) is 0 Å². The maximum Gasteiger partial charge on any atom is 1.00 e. The summed E-state index contributed by atoms with van der Waals surface area (Å²) in [6, 6.07) is 5.45. The largest absolute Gasteiger partial charge is 1.00 e. The average Bonchev–Trinajstić information content (AvgIpc) is 2.41. The van der Waals surface area contributed by atoms with E-state index in [2.05, 4.69) is 4.98 Å². The van der Waals surface area contributed by atoms with Crippen molar-refractivity contribution < 1.29 is 122 Å². The van der Waals surface area contributed by atoms with Crippen molar-refractivity contribution in [1.29, 1.82) is 0 Å². The minimum Gasteiger partial charge on any atom is -0.808 e. The summed E-state index contributed by atoms with van der Waals surface area (Å²) in [5.41, 5.74) is 0. The van der Waals surface area contributed by atoms with Gasteiger partial charge in [0.15, 0.2) is 12.7 Å². The van der Waals surface area contributed by atoms with Crippen LogP contribution in [0.15, 0.2) is 29.4 Å². The van der Waals surface area contributed by atoms with Crippen LogP contribution < -0.4 is 103 Å². The van der Waals surface area contributed by atoms with Crippen molar-refractivity contribution in [3.63, 3.8) is 0 Å². The number of hydrogen-bond donors (Lipinski definition) is 2. The van der Waals surface area contributed by atoms with E-state index in [0.29, 0.717) is 18.6 Å². The summed E-state index contributed by atoms with van der Waals surface area (Å²) in [7, 11) is -11.6. The fourth-order valence-corrected chi connectivity index (χ4v) is 4.66. The van der Waals surface area contributed by atoms with E-state index in [1.807, 2.05) is 12.1 Å². The van der Waals surface area contributed by atoms with Crippen molar-refractivity contribution in [1.82, 2.24) is 4.98 Å². The molecule has 0 aromatic carbocycles. The number of aromatic nitrogens is 1. The molecule has 2 N–H and O–H groups in total. The van der Waals surface area contributed by atoms with Crippen LogP contribution in [0.5, 0.6) is 0 Å². The number of unbranched alkanes of at least 4 members (excludes halogenated alkanes) is 2. The van der Waals surface area contributed by atoms with E-state index in [1.54, 1.807) is 12.3 Å². The molecule has 126 valence electrons. The molecule has 0 aliphatic carbocycles. The quantitative estimate of drug-likeness (QED) is 0.166. The van der Waals surface area contributed by atoms with Crippen LogP contribution in [0.3, 0.4) is 0 Å². The predicted octanol–water partition coefficient (Wildman–Crippen LogP) is -9.15. The van der Waals surface area contributed by atoms with Gasteiger partial charge in [0.05, 0.1) is 5.03 Å². The molecule has 0 fully saturated rings. The minimum atomic E-state index is -5.90. The van der Waals surface area contributed by atoms with Crippen LogP contribution in [0.4, 0.5) is 0 Å². The first-order valence-electron chi connectivity index (χ1n) is 6.40. The Morgan fingerprint density at radius 2 is 1.68 bits per heavy atom. The maximum absolute atomic E-state index is 11.0.